The number of nitrogens with zero attached hydrogens (tertiary/aromatic N) is 1. The number of carboxylic acid groups (broad SMARTS) is 1. The fourth-order valence-corrected chi connectivity index (χ4v) is 4.75. The van der Waals surface area contributed by atoms with Gasteiger partial charge in [-0.25, -0.2) is 13.2 Å². The molecule has 0 unspecified atom stereocenters. The van der Waals surface area contributed by atoms with E-state index in [1.807, 2.05) is 0 Å². The van der Waals surface area contributed by atoms with Crippen LogP contribution in [0, 0.1) is 6.92 Å². The molecule has 2 rings (SSSR count). The minimum Gasteiger partial charge on any atom is -0.478 e. The van der Waals surface area contributed by atoms with Crippen molar-refractivity contribution in [2.45, 2.75) is 30.8 Å². The van der Waals surface area contributed by atoms with Gasteiger partial charge in [0.05, 0.1) is 16.6 Å². The number of hydrogen-bond acceptors (Lipinski definition) is 4. The lowest BCUT2D eigenvalue weighted by Crippen LogP contribution is -2.40. The van der Waals surface area contributed by atoms with Crippen molar-refractivity contribution in [2.24, 2.45) is 0 Å². The summed E-state index contributed by atoms with van der Waals surface area (Å²) in [6.07, 6.45) is 0.287. The second-order valence-electron chi connectivity index (χ2n) is 5.05. The van der Waals surface area contributed by atoms with Crippen LogP contribution in [0.25, 0.3) is 0 Å². The summed E-state index contributed by atoms with van der Waals surface area (Å²) in [5.41, 5.74) is 0.483. The van der Waals surface area contributed by atoms with E-state index in [4.69, 9.17) is 5.11 Å². The number of carbonyl (C=O) groups is 1. The number of aliphatic hydroxyl groups excluding tert-OH is 1. The first-order chi connectivity index (χ1) is 9.73. The number of aromatic carboxylic acids is 1. The Balaban J connectivity index is 2.47. The molecule has 0 aliphatic carbocycles. The minimum atomic E-state index is -3.78. The highest BCUT2D eigenvalue weighted by Crippen LogP contribution is 2.31. The van der Waals surface area contributed by atoms with Crippen LogP contribution in [0.4, 0.5) is 0 Å². The smallest absolute Gasteiger partial charge is 0.335 e. The quantitative estimate of drug-likeness (QED) is 0.833. The summed E-state index contributed by atoms with van der Waals surface area (Å²) >= 11 is 3.23. The van der Waals surface area contributed by atoms with Crippen molar-refractivity contribution in [1.29, 1.82) is 0 Å². The van der Waals surface area contributed by atoms with Crippen LogP contribution >= 0.6 is 15.9 Å². The molecule has 1 fully saturated rings. The van der Waals surface area contributed by atoms with Crippen molar-refractivity contribution in [3.05, 3.63) is 27.7 Å². The molecule has 21 heavy (non-hydrogen) atoms. The zero-order valence-corrected chi connectivity index (χ0v) is 13.8. The first kappa shape index (κ1) is 16.4. The molecule has 6 nitrogen and oxygen atoms in total. The van der Waals surface area contributed by atoms with Gasteiger partial charge in [0, 0.05) is 17.6 Å². The van der Waals surface area contributed by atoms with Crippen LogP contribution in [0.2, 0.25) is 0 Å². The van der Waals surface area contributed by atoms with E-state index >= 15 is 0 Å². The lowest BCUT2D eigenvalue weighted by atomic mass is 10.1. The van der Waals surface area contributed by atoms with Gasteiger partial charge in [0.25, 0.3) is 0 Å². The highest BCUT2D eigenvalue weighted by atomic mass is 79.9. The third-order valence-corrected chi connectivity index (χ3v) is 6.75. The lowest BCUT2D eigenvalue weighted by Gasteiger charge is -2.29. The van der Waals surface area contributed by atoms with Gasteiger partial charge < -0.3 is 10.2 Å². The molecule has 0 saturated carbocycles. The monoisotopic (exact) mass is 377 g/mol. The molecule has 1 aromatic rings. The second-order valence-corrected chi connectivity index (χ2v) is 7.75. The largest absolute Gasteiger partial charge is 0.478 e. The second kappa shape index (κ2) is 6.04. The van der Waals surface area contributed by atoms with Gasteiger partial charge in [-0.3, -0.25) is 0 Å². The highest BCUT2D eigenvalue weighted by molar-refractivity contribution is 9.10. The Bertz CT molecular complexity index is 665. The van der Waals surface area contributed by atoms with Crippen molar-refractivity contribution in [2.75, 3.05) is 13.1 Å². The van der Waals surface area contributed by atoms with Crippen molar-refractivity contribution in [1.82, 2.24) is 4.31 Å². The fraction of sp³-hybridized carbons (Fsp3) is 0.462. The molecule has 0 radical (unpaired) electrons. The molecule has 1 saturated heterocycles. The third kappa shape index (κ3) is 3.28. The molecule has 0 aromatic heterocycles. The number of carboxylic acids is 1. The van der Waals surface area contributed by atoms with E-state index in [-0.39, 0.29) is 23.5 Å². The summed E-state index contributed by atoms with van der Waals surface area (Å²) in [6, 6.07) is 2.59. The van der Waals surface area contributed by atoms with Crippen LogP contribution in [-0.4, -0.2) is 48.1 Å². The number of aliphatic hydroxyl groups is 1. The van der Waals surface area contributed by atoms with Crippen LogP contribution in [0.1, 0.15) is 28.8 Å². The summed E-state index contributed by atoms with van der Waals surface area (Å²) in [5, 5.41) is 18.5. The van der Waals surface area contributed by atoms with Crippen LogP contribution in [0.5, 0.6) is 0 Å². The summed E-state index contributed by atoms with van der Waals surface area (Å²) in [4.78, 5) is 11.1. The standard InChI is InChI=1S/C13H16BrNO5S/c1-8-6-9(13(17)18)7-11(12(8)14)21(19,20)15-4-2-10(16)3-5-15/h6-7,10,16H,2-5H2,1H3,(H,17,18). The Kier molecular flexibility index (Phi) is 4.72. The molecule has 116 valence electrons. The highest BCUT2D eigenvalue weighted by Gasteiger charge is 2.31. The third-order valence-electron chi connectivity index (χ3n) is 3.51. The van der Waals surface area contributed by atoms with Gasteiger partial charge in [-0.1, -0.05) is 0 Å². The van der Waals surface area contributed by atoms with Crippen LogP contribution in [-0.2, 0) is 10.0 Å². The van der Waals surface area contributed by atoms with Crippen molar-refractivity contribution < 1.29 is 23.4 Å². The summed E-state index contributed by atoms with van der Waals surface area (Å²) in [6.45, 7) is 2.11. The Morgan fingerprint density at radius 3 is 2.43 bits per heavy atom. The van der Waals surface area contributed by atoms with E-state index in [1.54, 1.807) is 6.92 Å². The van der Waals surface area contributed by atoms with Crippen molar-refractivity contribution in [3.63, 3.8) is 0 Å². The maximum atomic E-state index is 12.7. The predicted octanol–water partition coefficient (Wildman–Crippen LogP) is 1.60. The Hall–Kier alpha value is -0.960. The zero-order valence-electron chi connectivity index (χ0n) is 11.4. The van der Waals surface area contributed by atoms with Gasteiger partial charge in [0.1, 0.15) is 0 Å². The minimum absolute atomic E-state index is 0.0451. The molecule has 1 heterocycles. The number of sulfonamides is 1. The van der Waals surface area contributed by atoms with Gasteiger partial charge in [-0.15, -0.1) is 0 Å². The van der Waals surface area contributed by atoms with Crippen LogP contribution in [0.15, 0.2) is 21.5 Å². The fourth-order valence-electron chi connectivity index (χ4n) is 2.27. The normalized spacial score (nSPS) is 17.9. The topological polar surface area (TPSA) is 94.9 Å². The van der Waals surface area contributed by atoms with E-state index in [0.717, 1.165) is 0 Å². The molecule has 1 aliphatic heterocycles. The van der Waals surface area contributed by atoms with Crippen LogP contribution < -0.4 is 0 Å². The number of piperidine rings is 1. The van der Waals surface area contributed by atoms with E-state index in [9.17, 15) is 18.3 Å². The number of benzene rings is 1. The van der Waals surface area contributed by atoms with E-state index in [0.29, 0.717) is 22.9 Å². The molecule has 2 N–H and O–H groups in total. The molecular weight excluding hydrogens is 362 g/mol. The molecule has 0 bridgehead atoms. The van der Waals surface area contributed by atoms with Gasteiger partial charge in [0.2, 0.25) is 10.0 Å². The maximum Gasteiger partial charge on any atom is 0.335 e. The SMILES string of the molecule is Cc1cc(C(=O)O)cc(S(=O)(=O)N2CCC(O)CC2)c1Br. The molecule has 0 spiro atoms. The first-order valence-corrected chi connectivity index (χ1v) is 8.68. The number of aryl methyl sites for hydroxylation is 1. The van der Waals surface area contributed by atoms with Crippen molar-refractivity contribution >= 4 is 31.9 Å². The number of rotatable bonds is 3. The molecule has 0 amide bonds. The van der Waals surface area contributed by atoms with Gasteiger partial charge in [-0.05, 0) is 53.4 Å². The predicted molar refractivity (Wildman–Crippen MR) is 79.8 cm³/mol. The maximum absolute atomic E-state index is 12.7. The van der Waals surface area contributed by atoms with Gasteiger partial charge >= 0.3 is 5.97 Å². The summed E-state index contributed by atoms with van der Waals surface area (Å²) in [7, 11) is -3.78. The van der Waals surface area contributed by atoms with Crippen molar-refractivity contribution in [3.8, 4) is 0 Å². The molecule has 1 aromatic carbocycles. The molecule has 0 atom stereocenters. The van der Waals surface area contributed by atoms with E-state index < -0.39 is 22.1 Å². The zero-order chi connectivity index (χ0) is 15.8. The molecular formula is C13H16BrNO5S. The lowest BCUT2D eigenvalue weighted by molar-refractivity contribution is 0.0696. The molecule has 1 aliphatic rings. The number of halogens is 1. The van der Waals surface area contributed by atoms with Crippen LogP contribution in [0.3, 0.4) is 0 Å². The van der Waals surface area contributed by atoms with Gasteiger partial charge in [-0.2, -0.15) is 4.31 Å². The summed E-state index contributed by atoms with van der Waals surface area (Å²) in [5.74, 6) is -1.17. The van der Waals surface area contributed by atoms with Gasteiger partial charge in [0.15, 0.2) is 0 Å². The van der Waals surface area contributed by atoms with E-state index in [2.05, 4.69) is 15.9 Å². The number of hydrogen-bond donors (Lipinski definition) is 2. The Morgan fingerprint density at radius 2 is 1.90 bits per heavy atom. The average Bonchev–Trinajstić information content (AvgIpc) is 2.41. The first-order valence-electron chi connectivity index (χ1n) is 6.45. The summed E-state index contributed by atoms with van der Waals surface area (Å²) < 4.78 is 27.0. The Labute approximate surface area is 131 Å². The van der Waals surface area contributed by atoms with E-state index in [1.165, 1.54) is 16.4 Å². The average molecular weight is 378 g/mol. The molecule has 8 heteroatoms. The Morgan fingerprint density at radius 1 is 1.33 bits per heavy atom.